The van der Waals surface area contributed by atoms with Crippen molar-refractivity contribution in [3.05, 3.63) is 59.7 Å². The summed E-state index contributed by atoms with van der Waals surface area (Å²) in [7, 11) is 0. The normalized spacial score (nSPS) is 20.6. The molecule has 156 valence electrons. The fourth-order valence-electron chi connectivity index (χ4n) is 4.81. The van der Waals surface area contributed by atoms with Gasteiger partial charge in [0.1, 0.15) is 0 Å². The van der Waals surface area contributed by atoms with Crippen molar-refractivity contribution >= 4 is 22.5 Å². The van der Waals surface area contributed by atoms with Crippen LogP contribution in [0.4, 0.5) is 0 Å². The molecular weight excluding hydrogens is 380 g/mol. The number of nitrogens with zero attached hydrogens (tertiary/aromatic N) is 1. The number of nitrogens with one attached hydrogen (secondary N) is 3. The fourth-order valence-corrected chi connectivity index (χ4v) is 4.99. The number of H-pyrrole nitrogens is 1. The minimum atomic E-state index is 0.422. The van der Waals surface area contributed by atoms with Gasteiger partial charge in [0, 0.05) is 46.4 Å². The second kappa shape index (κ2) is 9.17. The summed E-state index contributed by atoms with van der Waals surface area (Å²) < 4.78 is 0. The number of halogens is 1. The number of piperidine rings is 1. The lowest BCUT2D eigenvalue weighted by atomic mass is 9.86. The maximum atomic E-state index is 6.08. The summed E-state index contributed by atoms with van der Waals surface area (Å²) in [6, 6.07) is 8.47. The predicted molar refractivity (Wildman–Crippen MR) is 123 cm³/mol. The molecule has 2 aliphatic rings. The lowest BCUT2D eigenvalue weighted by molar-refractivity contribution is 0.205. The highest BCUT2D eigenvalue weighted by molar-refractivity contribution is 6.31. The number of aromatic amines is 1. The lowest BCUT2D eigenvalue weighted by Crippen LogP contribution is -2.47. The van der Waals surface area contributed by atoms with Crippen LogP contribution in [0.15, 0.2) is 48.9 Å². The van der Waals surface area contributed by atoms with E-state index in [0.29, 0.717) is 18.5 Å². The highest BCUT2D eigenvalue weighted by atomic mass is 35.5. The summed E-state index contributed by atoms with van der Waals surface area (Å²) in [6.07, 6.45) is 9.14. The molecule has 0 spiro atoms. The molecular formula is C24H33ClN4. The van der Waals surface area contributed by atoms with E-state index in [4.69, 9.17) is 11.6 Å². The van der Waals surface area contributed by atoms with Crippen molar-refractivity contribution in [2.24, 2.45) is 5.92 Å². The highest BCUT2D eigenvalue weighted by Gasteiger charge is 2.25. The quantitative estimate of drug-likeness (QED) is 0.560. The van der Waals surface area contributed by atoms with Crippen LogP contribution < -0.4 is 10.6 Å². The molecule has 1 aromatic carbocycles. The minimum Gasteiger partial charge on any atom is -0.373 e. The number of aromatic nitrogens is 1. The van der Waals surface area contributed by atoms with Gasteiger partial charge in [-0.15, -0.1) is 0 Å². The maximum absolute atomic E-state index is 6.08. The van der Waals surface area contributed by atoms with Crippen LogP contribution >= 0.6 is 11.6 Å². The molecule has 1 unspecified atom stereocenters. The van der Waals surface area contributed by atoms with E-state index >= 15 is 0 Å². The number of allylic oxidation sites excluding steroid dienone is 1. The first-order valence-corrected chi connectivity index (χ1v) is 11.4. The molecule has 5 heteroatoms. The Morgan fingerprint density at radius 2 is 1.93 bits per heavy atom. The number of rotatable bonds is 7. The number of hydrogen-bond acceptors (Lipinski definition) is 3. The first kappa shape index (κ1) is 20.2. The van der Waals surface area contributed by atoms with Crippen LogP contribution in [0, 0.1) is 5.92 Å². The molecule has 4 nitrogen and oxygen atoms in total. The molecule has 1 atom stereocenters. The van der Waals surface area contributed by atoms with Crippen molar-refractivity contribution in [3.8, 4) is 0 Å². The molecule has 2 heterocycles. The van der Waals surface area contributed by atoms with Crippen LogP contribution in [-0.4, -0.2) is 29.0 Å². The van der Waals surface area contributed by atoms with Crippen molar-refractivity contribution in [1.82, 2.24) is 20.5 Å². The van der Waals surface area contributed by atoms with Gasteiger partial charge in [-0.3, -0.25) is 0 Å². The van der Waals surface area contributed by atoms with Crippen molar-refractivity contribution in [3.63, 3.8) is 0 Å². The fraction of sp³-hybridized carbons (Fsp3) is 0.500. The van der Waals surface area contributed by atoms with Crippen molar-refractivity contribution < 1.29 is 0 Å². The summed E-state index contributed by atoms with van der Waals surface area (Å²) in [5.41, 5.74) is 3.60. The third-order valence-corrected chi connectivity index (χ3v) is 6.65. The third-order valence-electron chi connectivity index (χ3n) is 6.41. The molecule has 29 heavy (non-hydrogen) atoms. The van der Waals surface area contributed by atoms with Crippen molar-refractivity contribution in [2.75, 3.05) is 13.1 Å². The van der Waals surface area contributed by atoms with Crippen LogP contribution in [0.1, 0.15) is 50.6 Å². The molecule has 0 amide bonds. The van der Waals surface area contributed by atoms with Gasteiger partial charge in [-0.05, 0) is 55.9 Å². The van der Waals surface area contributed by atoms with Gasteiger partial charge in [0.2, 0.25) is 0 Å². The summed E-state index contributed by atoms with van der Waals surface area (Å²) >= 11 is 6.08. The van der Waals surface area contributed by atoms with E-state index in [0.717, 1.165) is 40.5 Å². The third kappa shape index (κ3) is 5.11. The largest absolute Gasteiger partial charge is 0.373 e. The second-order valence-corrected chi connectivity index (χ2v) is 9.05. The molecule has 1 aliphatic heterocycles. The molecule has 3 N–H and O–H groups in total. The van der Waals surface area contributed by atoms with E-state index in [1.54, 1.807) is 0 Å². The summed E-state index contributed by atoms with van der Waals surface area (Å²) in [6.45, 7) is 11.5. The number of likely N-dealkylation sites (tertiary alicyclic amines) is 1. The van der Waals surface area contributed by atoms with Gasteiger partial charge in [0.05, 0.1) is 12.4 Å². The first-order chi connectivity index (χ1) is 14.1. The van der Waals surface area contributed by atoms with E-state index in [1.165, 1.54) is 50.6 Å². The summed E-state index contributed by atoms with van der Waals surface area (Å²) in [5.74, 6) is 1.58. The Morgan fingerprint density at radius 3 is 2.76 bits per heavy atom. The molecule has 1 saturated heterocycles. The van der Waals surface area contributed by atoms with Gasteiger partial charge in [-0.25, -0.2) is 0 Å². The monoisotopic (exact) mass is 412 g/mol. The number of hydrogen-bond donors (Lipinski definition) is 3. The molecule has 1 saturated carbocycles. The van der Waals surface area contributed by atoms with Gasteiger partial charge in [0.15, 0.2) is 0 Å². The smallest absolute Gasteiger partial charge is 0.0918 e. The minimum absolute atomic E-state index is 0.422. The van der Waals surface area contributed by atoms with Crippen LogP contribution in [0.25, 0.3) is 10.9 Å². The molecule has 1 aromatic heterocycles. The summed E-state index contributed by atoms with van der Waals surface area (Å²) in [4.78, 5) is 5.95. The Balaban J connectivity index is 1.26. The molecule has 0 radical (unpaired) electrons. The van der Waals surface area contributed by atoms with Gasteiger partial charge in [-0.1, -0.05) is 44.0 Å². The van der Waals surface area contributed by atoms with Crippen molar-refractivity contribution in [2.45, 2.75) is 57.5 Å². The summed E-state index contributed by atoms with van der Waals surface area (Å²) in [5, 5.41) is 8.91. The standard InChI is InChI=1S/C24H33ClN4/c1-17(19-7-4-3-5-8-19)29-12-6-9-22(16-29)27-18(2)26-15-23-14-20-13-21(25)10-11-24(20)28-23/h10-11,13-14,19,22,26-28H,1-9,12,15-16H2. The van der Waals surface area contributed by atoms with E-state index in [2.05, 4.69) is 39.7 Å². The topological polar surface area (TPSA) is 43.1 Å². The van der Waals surface area contributed by atoms with Gasteiger partial charge in [-0.2, -0.15) is 0 Å². The lowest BCUT2D eigenvalue weighted by Gasteiger charge is -2.40. The zero-order chi connectivity index (χ0) is 20.2. The molecule has 4 rings (SSSR count). The molecule has 2 aromatic rings. The number of benzene rings is 1. The van der Waals surface area contributed by atoms with E-state index < -0.39 is 0 Å². The van der Waals surface area contributed by atoms with E-state index in [9.17, 15) is 0 Å². The Kier molecular flexibility index (Phi) is 6.39. The van der Waals surface area contributed by atoms with Gasteiger partial charge in [0.25, 0.3) is 0 Å². The van der Waals surface area contributed by atoms with Crippen molar-refractivity contribution in [1.29, 1.82) is 0 Å². The predicted octanol–water partition coefficient (Wildman–Crippen LogP) is 5.53. The molecule has 0 bridgehead atoms. The van der Waals surface area contributed by atoms with E-state index in [-0.39, 0.29) is 0 Å². The maximum Gasteiger partial charge on any atom is 0.0918 e. The average Bonchev–Trinajstić information content (AvgIpc) is 3.14. The SMILES string of the molecule is C=C(NCc1cc2cc(Cl)ccc2[nH]1)NC1CCCN(C(=C)C2CCCCC2)C1. The Bertz CT molecular complexity index is 865. The zero-order valence-corrected chi connectivity index (χ0v) is 18.0. The van der Waals surface area contributed by atoms with E-state index in [1.807, 2.05) is 18.2 Å². The van der Waals surface area contributed by atoms with Crippen LogP contribution in [0.5, 0.6) is 0 Å². The molecule has 2 fully saturated rings. The Hall–Kier alpha value is -2.07. The Morgan fingerprint density at radius 1 is 1.10 bits per heavy atom. The van der Waals surface area contributed by atoms with Crippen LogP contribution in [0.3, 0.4) is 0 Å². The molecule has 1 aliphatic carbocycles. The second-order valence-electron chi connectivity index (χ2n) is 8.61. The Labute approximate surface area is 179 Å². The first-order valence-electron chi connectivity index (χ1n) is 11.0. The van der Waals surface area contributed by atoms with Gasteiger partial charge < -0.3 is 20.5 Å². The van der Waals surface area contributed by atoms with Crippen LogP contribution in [0.2, 0.25) is 5.02 Å². The number of fused-ring (bicyclic) bond motifs is 1. The van der Waals surface area contributed by atoms with Gasteiger partial charge >= 0.3 is 0 Å². The average molecular weight is 413 g/mol. The zero-order valence-electron chi connectivity index (χ0n) is 17.3. The highest BCUT2D eigenvalue weighted by Crippen LogP contribution is 2.32. The van der Waals surface area contributed by atoms with Crippen LogP contribution in [-0.2, 0) is 6.54 Å².